The summed E-state index contributed by atoms with van der Waals surface area (Å²) in [6.45, 7) is 0.666. The summed E-state index contributed by atoms with van der Waals surface area (Å²) in [6, 6.07) is 3.56. The summed E-state index contributed by atoms with van der Waals surface area (Å²) in [5.41, 5.74) is 5.81. The number of nitrogens with zero attached hydrogens (tertiary/aromatic N) is 2. The van der Waals surface area contributed by atoms with Crippen molar-refractivity contribution in [3.8, 4) is 0 Å². The average Bonchev–Trinajstić information content (AvgIpc) is 2.20. The molecule has 0 saturated heterocycles. The van der Waals surface area contributed by atoms with Gasteiger partial charge in [-0.2, -0.15) is 0 Å². The predicted octanol–water partition coefficient (Wildman–Crippen LogP) is 0.694. The molecule has 0 aliphatic heterocycles. The summed E-state index contributed by atoms with van der Waals surface area (Å²) >= 11 is 6.00. The maximum atomic E-state index is 10.7. The second kappa shape index (κ2) is 5.67. The molecule has 0 fully saturated rings. The third-order valence-electron chi connectivity index (χ3n) is 2.02. The first-order valence-corrected chi connectivity index (χ1v) is 5.20. The summed E-state index contributed by atoms with van der Waals surface area (Å²) < 4.78 is 0. The fraction of sp³-hybridized carbons (Fsp3) is 0.400. The van der Waals surface area contributed by atoms with Gasteiger partial charge in [-0.1, -0.05) is 11.6 Å². The van der Waals surface area contributed by atoms with Crippen LogP contribution >= 0.6 is 11.6 Å². The van der Waals surface area contributed by atoms with Gasteiger partial charge in [0.2, 0.25) is 5.91 Å². The lowest BCUT2D eigenvalue weighted by atomic mass is 10.3. The Morgan fingerprint density at radius 3 is 2.88 bits per heavy atom. The number of anilines is 1. The van der Waals surface area contributed by atoms with Crippen LogP contribution in [0.15, 0.2) is 12.1 Å². The molecule has 3 N–H and O–H groups in total. The maximum Gasteiger partial charge on any atom is 0.231 e. The third-order valence-corrected chi connectivity index (χ3v) is 2.36. The molecule has 1 heterocycles. The summed E-state index contributed by atoms with van der Waals surface area (Å²) in [4.78, 5) is 16.8. The van der Waals surface area contributed by atoms with Crippen molar-refractivity contribution in [3.63, 3.8) is 0 Å². The lowest BCUT2D eigenvalue weighted by Crippen LogP contribution is -2.30. The molecule has 0 spiro atoms. The molecule has 0 bridgehead atoms. The Bertz CT molecular complexity index is 383. The number of nitrogens with one attached hydrogen (secondary N) is 1. The minimum Gasteiger partial charge on any atom is -0.373 e. The zero-order chi connectivity index (χ0) is 12.1. The first-order chi connectivity index (χ1) is 7.52. The van der Waals surface area contributed by atoms with Crippen molar-refractivity contribution in [1.29, 1.82) is 0 Å². The lowest BCUT2D eigenvalue weighted by Gasteiger charge is -2.15. The standard InChI is InChI=1S/C10H15ClN4O/c1-13-10-4-3-7(11)8(14-10)5-15(2)6-9(12)16/h3-4H,5-6H2,1-2H3,(H2,12,16)(H,13,14). The van der Waals surface area contributed by atoms with Crippen LogP contribution in [0.2, 0.25) is 5.02 Å². The quantitative estimate of drug-likeness (QED) is 0.797. The average molecular weight is 243 g/mol. The van der Waals surface area contributed by atoms with Crippen molar-refractivity contribution < 1.29 is 4.79 Å². The van der Waals surface area contributed by atoms with Gasteiger partial charge in [-0.3, -0.25) is 9.69 Å². The molecule has 88 valence electrons. The van der Waals surface area contributed by atoms with Crippen molar-refractivity contribution in [2.45, 2.75) is 6.54 Å². The number of hydrogen-bond donors (Lipinski definition) is 2. The summed E-state index contributed by atoms with van der Waals surface area (Å²) in [7, 11) is 3.57. The maximum absolute atomic E-state index is 10.7. The summed E-state index contributed by atoms with van der Waals surface area (Å²) in [6.07, 6.45) is 0. The van der Waals surface area contributed by atoms with Gasteiger partial charge in [0.05, 0.1) is 17.3 Å². The van der Waals surface area contributed by atoms with Crippen molar-refractivity contribution in [2.75, 3.05) is 26.0 Å². The molecular weight excluding hydrogens is 228 g/mol. The van der Waals surface area contributed by atoms with E-state index in [1.807, 2.05) is 0 Å². The van der Waals surface area contributed by atoms with Gasteiger partial charge in [0.1, 0.15) is 5.82 Å². The molecule has 0 radical (unpaired) electrons. The van der Waals surface area contributed by atoms with E-state index < -0.39 is 0 Å². The highest BCUT2D eigenvalue weighted by Gasteiger charge is 2.08. The molecule has 0 aliphatic rings. The van der Waals surface area contributed by atoms with Crippen LogP contribution in [-0.2, 0) is 11.3 Å². The van der Waals surface area contributed by atoms with Gasteiger partial charge in [0.15, 0.2) is 0 Å². The Balaban J connectivity index is 2.75. The minimum absolute atomic E-state index is 0.182. The van der Waals surface area contributed by atoms with Gasteiger partial charge in [-0.25, -0.2) is 4.98 Å². The molecule has 0 unspecified atom stereocenters. The molecule has 5 nitrogen and oxygen atoms in total. The number of pyridine rings is 1. The highest BCUT2D eigenvalue weighted by molar-refractivity contribution is 6.31. The number of likely N-dealkylation sites (N-methyl/N-ethyl adjacent to an activating group) is 1. The van der Waals surface area contributed by atoms with Gasteiger partial charge in [-0.05, 0) is 19.2 Å². The van der Waals surface area contributed by atoms with E-state index in [1.54, 1.807) is 31.1 Å². The van der Waals surface area contributed by atoms with Gasteiger partial charge in [-0.15, -0.1) is 0 Å². The molecule has 0 aromatic carbocycles. The molecule has 1 amide bonds. The largest absolute Gasteiger partial charge is 0.373 e. The summed E-state index contributed by atoms with van der Waals surface area (Å²) in [5.74, 6) is 0.371. The number of hydrogen-bond acceptors (Lipinski definition) is 4. The van der Waals surface area contributed by atoms with Gasteiger partial charge in [0, 0.05) is 13.6 Å². The molecule has 1 aromatic heterocycles. The first-order valence-electron chi connectivity index (χ1n) is 4.83. The molecule has 1 aromatic rings. The Morgan fingerprint density at radius 2 is 2.31 bits per heavy atom. The molecular formula is C10H15ClN4O. The Kier molecular flexibility index (Phi) is 4.52. The molecule has 0 atom stereocenters. The Hall–Kier alpha value is -1.33. The van der Waals surface area contributed by atoms with Crippen LogP contribution in [0.3, 0.4) is 0 Å². The fourth-order valence-electron chi connectivity index (χ4n) is 1.31. The second-order valence-electron chi connectivity index (χ2n) is 3.51. The van der Waals surface area contributed by atoms with E-state index in [2.05, 4.69) is 10.3 Å². The van der Waals surface area contributed by atoms with Crippen LogP contribution in [0.5, 0.6) is 0 Å². The highest BCUT2D eigenvalue weighted by atomic mass is 35.5. The van der Waals surface area contributed by atoms with Crippen LogP contribution in [-0.4, -0.2) is 36.4 Å². The van der Waals surface area contributed by atoms with Crippen molar-refractivity contribution in [2.24, 2.45) is 5.73 Å². The van der Waals surface area contributed by atoms with E-state index in [0.29, 0.717) is 11.6 Å². The molecule has 0 aliphatic carbocycles. The van der Waals surface area contributed by atoms with Crippen LogP contribution < -0.4 is 11.1 Å². The van der Waals surface area contributed by atoms with Crippen LogP contribution in [0.25, 0.3) is 0 Å². The number of aromatic nitrogens is 1. The van der Waals surface area contributed by atoms with E-state index >= 15 is 0 Å². The lowest BCUT2D eigenvalue weighted by molar-refractivity contribution is -0.118. The zero-order valence-electron chi connectivity index (χ0n) is 9.33. The van der Waals surface area contributed by atoms with E-state index in [4.69, 9.17) is 17.3 Å². The Labute approximate surface area is 99.6 Å². The third kappa shape index (κ3) is 3.67. The topological polar surface area (TPSA) is 71.2 Å². The number of primary amides is 1. The second-order valence-corrected chi connectivity index (χ2v) is 3.92. The van der Waals surface area contributed by atoms with Gasteiger partial charge >= 0.3 is 0 Å². The smallest absolute Gasteiger partial charge is 0.231 e. The number of amides is 1. The minimum atomic E-state index is -0.372. The Morgan fingerprint density at radius 1 is 1.62 bits per heavy atom. The van der Waals surface area contributed by atoms with Crippen molar-refractivity contribution in [3.05, 3.63) is 22.8 Å². The molecule has 16 heavy (non-hydrogen) atoms. The van der Waals surface area contributed by atoms with Gasteiger partial charge < -0.3 is 11.1 Å². The van der Waals surface area contributed by atoms with E-state index in [-0.39, 0.29) is 12.5 Å². The van der Waals surface area contributed by atoms with Crippen LogP contribution in [0.1, 0.15) is 5.69 Å². The van der Waals surface area contributed by atoms with Crippen LogP contribution in [0.4, 0.5) is 5.82 Å². The van der Waals surface area contributed by atoms with Crippen molar-refractivity contribution in [1.82, 2.24) is 9.88 Å². The van der Waals surface area contributed by atoms with E-state index in [9.17, 15) is 4.79 Å². The van der Waals surface area contributed by atoms with Crippen molar-refractivity contribution >= 4 is 23.3 Å². The van der Waals surface area contributed by atoms with E-state index in [1.165, 1.54) is 0 Å². The SMILES string of the molecule is CNc1ccc(Cl)c(CN(C)CC(N)=O)n1. The normalized spacial score (nSPS) is 10.5. The van der Waals surface area contributed by atoms with Crippen LogP contribution in [0, 0.1) is 0 Å². The predicted molar refractivity (Wildman–Crippen MR) is 64.3 cm³/mol. The van der Waals surface area contributed by atoms with Gasteiger partial charge in [0.25, 0.3) is 0 Å². The number of rotatable bonds is 5. The molecule has 6 heteroatoms. The fourth-order valence-corrected chi connectivity index (χ4v) is 1.48. The number of halogens is 1. The number of carbonyl (C=O) groups excluding carboxylic acids is 1. The number of nitrogens with two attached hydrogens (primary N) is 1. The molecule has 0 saturated carbocycles. The summed E-state index contributed by atoms with van der Waals surface area (Å²) in [5, 5.41) is 3.51. The number of carbonyl (C=O) groups is 1. The zero-order valence-corrected chi connectivity index (χ0v) is 10.1. The highest BCUT2D eigenvalue weighted by Crippen LogP contribution is 2.17. The monoisotopic (exact) mass is 242 g/mol. The molecule has 1 rings (SSSR count). The van der Waals surface area contributed by atoms with E-state index in [0.717, 1.165) is 11.5 Å². The first kappa shape index (κ1) is 12.7.